The number of carbonyl (C=O) groups excluding carboxylic acids is 2. The molecule has 136 valence electrons. The molecule has 3 saturated heterocycles. The molecule has 1 aromatic heterocycles. The van der Waals surface area contributed by atoms with Crippen LogP contribution in [0.15, 0.2) is 16.8 Å². The van der Waals surface area contributed by atoms with Crippen molar-refractivity contribution in [1.29, 1.82) is 0 Å². The fraction of sp³-hybridized carbons (Fsp3) is 0.722. The van der Waals surface area contributed by atoms with Crippen LogP contribution in [0.5, 0.6) is 0 Å². The molecule has 0 aromatic carbocycles. The number of ether oxygens (including phenoxy) is 1. The summed E-state index contributed by atoms with van der Waals surface area (Å²) in [6, 6.07) is 1.61. The van der Waals surface area contributed by atoms with E-state index in [1.165, 1.54) is 6.20 Å². The molecule has 4 rings (SSSR count). The Kier molecular flexibility index (Phi) is 4.50. The summed E-state index contributed by atoms with van der Waals surface area (Å²) < 4.78 is 10.7. The predicted molar refractivity (Wildman–Crippen MR) is 88.9 cm³/mol. The van der Waals surface area contributed by atoms with E-state index in [9.17, 15) is 9.59 Å². The molecule has 3 aliphatic heterocycles. The quantitative estimate of drug-likeness (QED) is 0.832. The van der Waals surface area contributed by atoms with Crippen LogP contribution < -0.4 is 0 Å². The second-order valence-corrected chi connectivity index (χ2v) is 7.58. The molecule has 7 nitrogen and oxygen atoms in total. The molecule has 25 heavy (non-hydrogen) atoms. The molecule has 3 aliphatic rings. The predicted octanol–water partition coefficient (Wildman–Crippen LogP) is 1.70. The third-order valence-electron chi connectivity index (χ3n) is 5.96. The van der Waals surface area contributed by atoms with Gasteiger partial charge in [-0.3, -0.25) is 9.59 Å². The van der Waals surface area contributed by atoms with Gasteiger partial charge in [0.25, 0.3) is 5.91 Å². The molecule has 1 atom stereocenters. The molecular formula is C18H25N3O4. The van der Waals surface area contributed by atoms with Gasteiger partial charge in [0.2, 0.25) is 11.7 Å². The first-order chi connectivity index (χ1) is 12.2. The fourth-order valence-electron chi connectivity index (χ4n) is 4.38. The average Bonchev–Trinajstić information content (AvgIpc) is 3.32. The molecule has 3 fully saturated rings. The first kappa shape index (κ1) is 16.6. The molecule has 2 amide bonds. The molecule has 0 aliphatic carbocycles. The van der Waals surface area contributed by atoms with Crippen LogP contribution in [0.2, 0.25) is 0 Å². The Labute approximate surface area is 147 Å². The van der Waals surface area contributed by atoms with Crippen LogP contribution in [-0.4, -0.2) is 65.7 Å². The van der Waals surface area contributed by atoms with Crippen LogP contribution in [0.1, 0.15) is 49.1 Å². The zero-order chi connectivity index (χ0) is 17.3. The molecular weight excluding hydrogens is 322 g/mol. The summed E-state index contributed by atoms with van der Waals surface area (Å²) in [6.45, 7) is 3.76. The van der Waals surface area contributed by atoms with Crippen molar-refractivity contribution in [3.05, 3.63) is 18.0 Å². The van der Waals surface area contributed by atoms with Crippen molar-refractivity contribution in [1.82, 2.24) is 15.0 Å². The van der Waals surface area contributed by atoms with Gasteiger partial charge in [-0.05, 0) is 37.5 Å². The molecule has 0 radical (unpaired) electrons. The van der Waals surface area contributed by atoms with Gasteiger partial charge in [0.1, 0.15) is 0 Å². The number of amides is 2. The first-order valence-corrected chi connectivity index (χ1v) is 9.25. The van der Waals surface area contributed by atoms with E-state index < -0.39 is 0 Å². The Morgan fingerprint density at radius 3 is 2.84 bits per heavy atom. The third kappa shape index (κ3) is 3.42. The van der Waals surface area contributed by atoms with Crippen molar-refractivity contribution in [2.45, 2.75) is 44.6 Å². The van der Waals surface area contributed by atoms with Crippen LogP contribution in [0.25, 0.3) is 0 Å². The minimum atomic E-state index is -0.0875. The lowest BCUT2D eigenvalue weighted by molar-refractivity contribution is -0.141. The molecule has 7 heteroatoms. The van der Waals surface area contributed by atoms with E-state index >= 15 is 0 Å². The van der Waals surface area contributed by atoms with E-state index in [-0.39, 0.29) is 23.3 Å². The molecule has 1 spiro atoms. The zero-order valence-corrected chi connectivity index (χ0v) is 14.5. The van der Waals surface area contributed by atoms with Crippen molar-refractivity contribution in [2.24, 2.45) is 5.41 Å². The highest BCUT2D eigenvalue weighted by atomic mass is 16.5. The molecule has 0 saturated carbocycles. The van der Waals surface area contributed by atoms with E-state index in [1.807, 2.05) is 9.80 Å². The highest BCUT2D eigenvalue weighted by Gasteiger charge is 2.42. The zero-order valence-electron chi connectivity index (χ0n) is 14.5. The standard InChI is InChI=1S/C18H25N3O4/c22-16-3-5-18(13-21(16)12-14-2-1-11-24-14)6-9-20(10-7-18)17(23)15-4-8-19-25-15/h4,8,14H,1-3,5-7,9-13H2/t14-/m0/s1. The van der Waals surface area contributed by atoms with Gasteiger partial charge >= 0.3 is 0 Å². The van der Waals surface area contributed by atoms with Crippen LogP contribution in [-0.2, 0) is 9.53 Å². The van der Waals surface area contributed by atoms with Crippen molar-refractivity contribution in [3.8, 4) is 0 Å². The van der Waals surface area contributed by atoms with E-state index in [0.717, 1.165) is 51.8 Å². The summed E-state index contributed by atoms with van der Waals surface area (Å²) in [7, 11) is 0. The maximum Gasteiger partial charge on any atom is 0.292 e. The van der Waals surface area contributed by atoms with Gasteiger partial charge < -0.3 is 19.1 Å². The van der Waals surface area contributed by atoms with Gasteiger partial charge in [0.05, 0.1) is 12.3 Å². The number of rotatable bonds is 3. The number of hydrogen-bond donors (Lipinski definition) is 0. The van der Waals surface area contributed by atoms with Crippen molar-refractivity contribution in [3.63, 3.8) is 0 Å². The lowest BCUT2D eigenvalue weighted by atomic mass is 9.72. The number of nitrogens with zero attached hydrogens (tertiary/aromatic N) is 3. The summed E-state index contributed by atoms with van der Waals surface area (Å²) in [5, 5.41) is 3.61. The fourth-order valence-corrected chi connectivity index (χ4v) is 4.38. The smallest absolute Gasteiger partial charge is 0.292 e. The number of carbonyl (C=O) groups is 2. The Hall–Kier alpha value is -1.89. The van der Waals surface area contributed by atoms with E-state index in [0.29, 0.717) is 25.3 Å². The van der Waals surface area contributed by atoms with Crippen LogP contribution >= 0.6 is 0 Å². The van der Waals surface area contributed by atoms with Crippen molar-refractivity contribution in [2.75, 3.05) is 32.8 Å². The van der Waals surface area contributed by atoms with Crippen LogP contribution in [0, 0.1) is 5.41 Å². The lowest BCUT2D eigenvalue weighted by Gasteiger charge is -2.47. The van der Waals surface area contributed by atoms with Gasteiger partial charge in [0, 0.05) is 45.3 Å². The Balaban J connectivity index is 1.36. The van der Waals surface area contributed by atoms with Gasteiger partial charge in [-0.1, -0.05) is 5.16 Å². The second kappa shape index (κ2) is 6.78. The number of piperidine rings is 2. The minimum Gasteiger partial charge on any atom is -0.376 e. The third-order valence-corrected chi connectivity index (χ3v) is 5.96. The van der Waals surface area contributed by atoms with Gasteiger partial charge in [-0.2, -0.15) is 0 Å². The molecule has 0 unspecified atom stereocenters. The SMILES string of the molecule is O=C1CCC2(CCN(C(=O)c3ccno3)CC2)CN1C[C@@H]1CCCO1. The first-order valence-electron chi connectivity index (χ1n) is 9.25. The number of aromatic nitrogens is 1. The molecule has 0 N–H and O–H groups in total. The Morgan fingerprint density at radius 2 is 2.16 bits per heavy atom. The average molecular weight is 347 g/mol. The highest BCUT2D eigenvalue weighted by molar-refractivity contribution is 5.91. The molecule has 4 heterocycles. The van der Waals surface area contributed by atoms with Gasteiger partial charge in [-0.15, -0.1) is 0 Å². The Bertz CT molecular complexity index is 616. The summed E-state index contributed by atoms with van der Waals surface area (Å²) in [5.41, 5.74) is 0.144. The van der Waals surface area contributed by atoms with E-state index in [1.54, 1.807) is 6.07 Å². The summed E-state index contributed by atoms with van der Waals surface area (Å²) in [4.78, 5) is 28.6. The van der Waals surface area contributed by atoms with Crippen molar-refractivity contribution >= 4 is 11.8 Å². The summed E-state index contributed by atoms with van der Waals surface area (Å²) >= 11 is 0. The monoisotopic (exact) mass is 347 g/mol. The van der Waals surface area contributed by atoms with Gasteiger partial charge in [-0.25, -0.2) is 0 Å². The maximum atomic E-state index is 12.4. The van der Waals surface area contributed by atoms with Gasteiger partial charge in [0.15, 0.2) is 0 Å². The molecule has 0 bridgehead atoms. The van der Waals surface area contributed by atoms with Crippen LogP contribution in [0.4, 0.5) is 0 Å². The minimum absolute atomic E-state index is 0.0875. The maximum absolute atomic E-state index is 12.4. The summed E-state index contributed by atoms with van der Waals surface area (Å²) in [5.74, 6) is 0.464. The largest absolute Gasteiger partial charge is 0.376 e. The van der Waals surface area contributed by atoms with Crippen LogP contribution in [0.3, 0.4) is 0 Å². The highest BCUT2D eigenvalue weighted by Crippen LogP contribution is 2.40. The van der Waals surface area contributed by atoms with E-state index in [4.69, 9.17) is 9.26 Å². The normalized spacial score (nSPS) is 26.4. The molecule has 1 aromatic rings. The second-order valence-electron chi connectivity index (χ2n) is 7.58. The van der Waals surface area contributed by atoms with Crippen molar-refractivity contribution < 1.29 is 18.8 Å². The topological polar surface area (TPSA) is 75.9 Å². The lowest BCUT2D eigenvalue weighted by Crippen LogP contribution is -2.53. The Morgan fingerprint density at radius 1 is 1.32 bits per heavy atom. The van der Waals surface area contributed by atoms with E-state index in [2.05, 4.69) is 5.16 Å². The number of hydrogen-bond acceptors (Lipinski definition) is 5. The summed E-state index contributed by atoms with van der Waals surface area (Å²) in [6.07, 6.45) is 7.25. The number of likely N-dealkylation sites (tertiary alicyclic amines) is 2.